The van der Waals surface area contributed by atoms with Gasteiger partial charge in [-0.25, -0.2) is 9.78 Å². The molecule has 2 rings (SSSR count). The number of aromatic nitrogens is 1. The van der Waals surface area contributed by atoms with Crippen molar-refractivity contribution < 1.29 is 14.7 Å². The van der Waals surface area contributed by atoms with E-state index in [9.17, 15) is 9.59 Å². The van der Waals surface area contributed by atoms with Gasteiger partial charge < -0.3 is 10.4 Å². The summed E-state index contributed by atoms with van der Waals surface area (Å²) in [5.74, 6) is -0.918. The first-order valence-corrected chi connectivity index (χ1v) is 7.97. The zero-order valence-corrected chi connectivity index (χ0v) is 13.1. The predicted octanol–water partition coefficient (Wildman–Crippen LogP) is 3.04. The van der Waals surface area contributed by atoms with Crippen molar-refractivity contribution in [3.63, 3.8) is 0 Å². The molecular weight excluding hydrogens is 300 g/mol. The van der Waals surface area contributed by atoms with Gasteiger partial charge in [0.25, 0.3) is 0 Å². The molecule has 2 aromatic rings. The molecule has 6 heteroatoms. The molecule has 1 amide bonds. The summed E-state index contributed by atoms with van der Waals surface area (Å²) in [5, 5.41) is 13.7. The Labute approximate surface area is 133 Å². The average Bonchev–Trinajstić information content (AvgIpc) is 3.01. The highest BCUT2D eigenvalue weighted by Crippen LogP contribution is 2.22. The molecule has 0 aliphatic carbocycles. The highest BCUT2D eigenvalue weighted by atomic mass is 32.1. The van der Waals surface area contributed by atoms with Crippen LogP contribution in [0.25, 0.3) is 0 Å². The van der Waals surface area contributed by atoms with E-state index in [-0.39, 0.29) is 24.1 Å². The summed E-state index contributed by atoms with van der Waals surface area (Å²) >= 11 is 1.23. The SMILES string of the molecule is CCC(CC(=O)NCc1nc(C(=O)O)cs1)c1ccccc1. The molecule has 0 radical (unpaired) electrons. The molecule has 1 unspecified atom stereocenters. The lowest BCUT2D eigenvalue weighted by Gasteiger charge is -2.14. The summed E-state index contributed by atoms with van der Waals surface area (Å²) < 4.78 is 0. The molecule has 5 nitrogen and oxygen atoms in total. The summed E-state index contributed by atoms with van der Waals surface area (Å²) in [7, 11) is 0. The summed E-state index contributed by atoms with van der Waals surface area (Å²) in [6.07, 6.45) is 1.30. The minimum atomic E-state index is -1.05. The van der Waals surface area contributed by atoms with E-state index >= 15 is 0 Å². The lowest BCUT2D eigenvalue weighted by molar-refractivity contribution is -0.121. The van der Waals surface area contributed by atoms with Gasteiger partial charge in [-0.15, -0.1) is 11.3 Å². The normalized spacial score (nSPS) is 11.9. The van der Waals surface area contributed by atoms with Gasteiger partial charge in [-0.05, 0) is 17.9 Å². The average molecular weight is 318 g/mol. The van der Waals surface area contributed by atoms with Crippen LogP contribution in [0.1, 0.15) is 46.7 Å². The molecule has 22 heavy (non-hydrogen) atoms. The molecule has 0 spiro atoms. The molecular formula is C16H18N2O3S. The maximum absolute atomic E-state index is 12.0. The molecule has 0 saturated heterocycles. The highest BCUT2D eigenvalue weighted by Gasteiger charge is 2.15. The molecule has 0 saturated carbocycles. The fourth-order valence-corrected chi connectivity index (χ4v) is 2.89. The third-order valence-electron chi connectivity index (χ3n) is 3.40. The number of aromatic carboxylic acids is 1. The van der Waals surface area contributed by atoms with Crippen molar-refractivity contribution in [1.82, 2.24) is 10.3 Å². The van der Waals surface area contributed by atoms with Crippen LogP contribution in [0.4, 0.5) is 0 Å². The molecule has 1 aromatic heterocycles. The molecule has 0 fully saturated rings. The number of thiazole rings is 1. The monoisotopic (exact) mass is 318 g/mol. The zero-order chi connectivity index (χ0) is 15.9. The van der Waals surface area contributed by atoms with E-state index in [0.29, 0.717) is 11.4 Å². The van der Waals surface area contributed by atoms with Crippen molar-refractivity contribution in [2.75, 3.05) is 0 Å². The number of nitrogens with zero attached hydrogens (tertiary/aromatic N) is 1. The van der Waals surface area contributed by atoms with Gasteiger partial charge >= 0.3 is 5.97 Å². The van der Waals surface area contributed by atoms with Crippen LogP contribution < -0.4 is 5.32 Å². The van der Waals surface area contributed by atoms with Crippen LogP contribution in [0.3, 0.4) is 0 Å². The number of amides is 1. The van der Waals surface area contributed by atoms with Gasteiger partial charge in [0.2, 0.25) is 5.91 Å². The van der Waals surface area contributed by atoms with Gasteiger partial charge in [-0.2, -0.15) is 0 Å². The Kier molecular flexibility index (Phi) is 5.66. The first-order chi connectivity index (χ1) is 10.6. The van der Waals surface area contributed by atoms with Crippen LogP contribution in [0.5, 0.6) is 0 Å². The number of nitrogens with one attached hydrogen (secondary N) is 1. The van der Waals surface area contributed by atoms with Crippen LogP contribution in [0.15, 0.2) is 35.7 Å². The van der Waals surface area contributed by atoms with E-state index in [0.717, 1.165) is 12.0 Å². The lowest BCUT2D eigenvalue weighted by atomic mass is 9.93. The quantitative estimate of drug-likeness (QED) is 0.822. The topological polar surface area (TPSA) is 79.3 Å². The molecule has 0 aliphatic heterocycles. The molecule has 1 aromatic carbocycles. The smallest absolute Gasteiger partial charge is 0.355 e. The fourth-order valence-electron chi connectivity index (χ4n) is 2.18. The van der Waals surface area contributed by atoms with E-state index in [4.69, 9.17) is 5.11 Å². The number of rotatable bonds is 7. The molecule has 1 heterocycles. The highest BCUT2D eigenvalue weighted by molar-refractivity contribution is 7.09. The number of carbonyl (C=O) groups is 2. The zero-order valence-electron chi connectivity index (χ0n) is 12.3. The minimum Gasteiger partial charge on any atom is -0.476 e. The Morgan fingerprint density at radius 1 is 1.32 bits per heavy atom. The van der Waals surface area contributed by atoms with Gasteiger partial charge in [0.1, 0.15) is 5.01 Å². The van der Waals surface area contributed by atoms with Crippen molar-refractivity contribution >= 4 is 23.2 Å². The molecule has 2 N–H and O–H groups in total. The molecule has 0 aliphatic rings. The second-order valence-corrected chi connectivity index (χ2v) is 5.87. The molecule has 1 atom stereocenters. The largest absolute Gasteiger partial charge is 0.476 e. The second kappa shape index (κ2) is 7.70. The van der Waals surface area contributed by atoms with Crippen molar-refractivity contribution in [2.24, 2.45) is 0 Å². The van der Waals surface area contributed by atoms with Gasteiger partial charge in [-0.3, -0.25) is 4.79 Å². The Morgan fingerprint density at radius 3 is 2.64 bits per heavy atom. The maximum Gasteiger partial charge on any atom is 0.355 e. The van der Waals surface area contributed by atoms with Gasteiger partial charge in [0.15, 0.2) is 5.69 Å². The first-order valence-electron chi connectivity index (χ1n) is 7.09. The van der Waals surface area contributed by atoms with Crippen LogP contribution >= 0.6 is 11.3 Å². The number of carboxylic acids is 1. The third kappa shape index (κ3) is 4.39. The number of hydrogen-bond acceptors (Lipinski definition) is 4. The third-order valence-corrected chi connectivity index (χ3v) is 4.25. The first kappa shape index (κ1) is 16.2. The maximum atomic E-state index is 12.0. The summed E-state index contributed by atoms with van der Waals surface area (Å²) in [4.78, 5) is 26.7. The number of benzene rings is 1. The Balaban J connectivity index is 1.87. The van der Waals surface area contributed by atoms with Crippen molar-refractivity contribution in [3.8, 4) is 0 Å². The fraction of sp³-hybridized carbons (Fsp3) is 0.312. The Morgan fingerprint density at radius 2 is 2.05 bits per heavy atom. The molecule has 116 valence electrons. The standard InChI is InChI=1S/C16H18N2O3S/c1-2-11(12-6-4-3-5-7-12)8-14(19)17-9-15-18-13(10-22-15)16(20)21/h3-7,10-11H,2,8-9H2,1H3,(H,17,19)(H,20,21). The van der Waals surface area contributed by atoms with E-state index in [1.807, 2.05) is 30.3 Å². The Hall–Kier alpha value is -2.21. The van der Waals surface area contributed by atoms with Crippen molar-refractivity contribution in [1.29, 1.82) is 0 Å². The van der Waals surface area contributed by atoms with E-state index < -0.39 is 5.97 Å². The predicted molar refractivity (Wildman–Crippen MR) is 85.0 cm³/mol. The van der Waals surface area contributed by atoms with E-state index in [1.54, 1.807) is 0 Å². The lowest BCUT2D eigenvalue weighted by Crippen LogP contribution is -2.24. The van der Waals surface area contributed by atoms with Gasteiger partial charge in [0.05, 0.1) is 6.54 Å². The van der Waals surface area contributed by atoms with E-state index in [2.05, 4.69) is 17.2 Å². The Bertz CT molecular complexity index is 640. The minimum absolute atomic E-state index is 0.0185. The van der Waals surface area contributed by atoms with Crippen LogP contribution in [0, 0.1) is 0 Å². The summed E-state index contributed by atoms with van der Waals surface area (Å²) in [6.45, 7) is 2.33. The van der Waals surface area contributed by atoms with Crippen LogP contribution in [-0.2, 0) is 11.3 Å². The van der Waals surface area contributed by atoms with Crippen molar-refractivity contribution in [3.05, 3.63) is 52.0 Å². The van der Waals surface area contributed by atoms with E-state index in [1.165, 1.54) is 16.7 Å². The van der Waals surface area contributed by atoms with Crippen LogP contribution in [0.2, 0.25) is 0 Å². The number of hydrogen-bond donors (Lipinski definition) is 2. The van der Waals surface area contributed by atoms with Crippen molar-refractivity contribution in [2.45, 2.75) is 32.2 Å². The van der Waals surface area contributed by atoms with Crippen LogP contribution in [-0.4, -0.2) is 22.0 Å². The number of carbonyl (C=O) groups excluding carboxylic acids is 1. The number of carboxylic acid groups (broad SMARTS) is 1. The van der Waals surface area contributed by atoms with Gasteiger partial charge in [-0.1, -0.05) is 37.3 Å². The second-order valence-electron chi connectivity index (χ2n) is 4.93. The summed E-state index contributed by atoms with van der Waals surface area (Å²) in [5.41, 5.74) is 1.17. The molecule has 0 bridgehead atoms. The summed E-state index contributed by atoms with van der Waals surface area (Å²) in [6, 6.07) is 9.96. The van der Waals surface area contributed by atoms with Gasteiger partial charge in [0, 0.05) is 11.8 Å².